The van der Waals surface area contributed by atoms with Crippen LogP contribution in [0.25, 0.3) is 0 Å². The molecule has 1 aromatic rings. The number of nitrogens with zero attached hydrogens (tertiary/aromatic N) is 2. The maximum Gasteiger partial charge on any atom is 0.175 e. The molecular weight excluding hydrogens is 264 g/mol. The van der Waals surface area contributed by atoms with Crippen LogP contribution in [0.1, 0.15) is 38.6 Å². The van der Waals surface area contributed by atoms with E-state index < -0.39 is 0 Å². The van der Waals surface area contributed by atoms with E-state index in [1.807, 2.05) is 6.92 Å². The van der Waals surface area contributed by atoms with Crippen molar-refractivity contribution in [1.29, 1.82) is 0 Å². The van der Waals surface area contributed by atoms with E-state index >= 15 is 0 Å². The Kier molecular flexibility index (Phi) is 2.66. The molecule has 0 saturated heterocycles. The molecule has 1 heterocycles. The van der Waals surface area contributed by atoms with E-state index in [1.165, 1.54) is 0 Å². The fourth-order valence-electron chi connectivity index (χ4n) is 3.60. The average molecular weight is 282 g/mol. The van der Waals surface area contributed by atoms with Crippen LogP contribution in [0.15, 0.2) is 4.34 Å². The van der Waals surface area contributed by atoms with Crippen LogP contribution in [0, 0.1) is 23.7 Å². The van der Waals surface area contributed by atoms with Gasteiger partial charge in [-0.1, -0.05) is 43.9 Å². The van der Waals surface area contributed by atoms with Crippen molar-refractivity contribution in [3.8, 4) is 0 Å². The van der Waals surface area contributed by atoms with E-state index in [0.717, 1.165) is 22.2 Å². The molecule has 0 aromatic carbocycles. The highest BCUT2D eigenvalue weighted by Gasteiger charge is 2.66. The molecule has 5 heteroatoms. The zero-order chi connectivity index (χ0) is 13.1. The van der Waals surface area contributed by atoms with Crippen LogP contribution in [0.4, 0.5) is 0 Å². The number of carbonyl (C=O) groups excluding carboxylic acids is 1. The van der Waals surface area contributed by atoms with Gasteiger partial charge < -0.3 is 0 Å². The maximum absolute atomic E-state index is 12.5. The van der Waals surface area contributed by atoms with Crippen molar-refractivity contribution in [2.24, 2.45) is 16.7 Å². The summed E-state index contributed by atoms with van der Waals surface area (Å²) in [5.41, 5.74) is 0.237. The molecule has 3 nitrogen and oxygen atoms in total. The Balaban J connectivity index is 1.92. The monoisotopic (exact) mass is 282 g/mol. The number of Topliss-reactive ketones (excluding diaryl/α,β-unsaturated/α-hetero) is 1. The summed E-state index contributed by atoms with van der Waals surface area (Å²) in [6.45, 7) is 8.75. The Morgan fingerprint density at radius 3 is 2.56 bits per heavy atom. The maximum atomic E-state index is 12.5. The van der Waals surface area contributed by atoms with Crippen LogP contribution in [0.2, 0.25) is 0 Å². The number of aryl methyl sites for hydroxylation is 1. The summed E-state index contributed by atoms with van der Waals surface area (Å²) in [6.07, 6.45) is 2.22. The van der Waals surface area contributed by atoms with Crippen molar-refractivity contribution in [3.63, 3.8) is 0 Å². The summed E-state index contributed by atoms with van der Waals surface area (Å²) in [6, 6.07) is 0. The minimum Gasteiger partial charge on any atom is -0.298 e. The molecule has 2 saturated carbocycles. The van der Waals surface area contributed by atoms with E-state index in [4.69, 9.17) is 0 Å². The Labute approximate surface area is 116 Å². The van der Waals surface area contributed by atoms with E-state index in [2.05, 4.69) is 31.0 Å². The van der Waals surface area contributed by atoms with Gasteiger partial charge in [0.15, 0.2) is 4.34 Å². The fourth-order valence-corrected chi connectivity index (χ4v) is 6.11. The molecule has 0 N–H and O–H groups in total. The second-order valence-corrected chi connectivity index (χ2v) is 8.75. The summed E-state index contributed by atoms with van der Waals surface area (Å²) >= 11 is 3.23. The number of fused-ring (bicyclic) bond motifs is 2. The zero-order valence-corrected chi connectivity index (χ0v) is 12.8. The van der Waals surface area contributed by atoms with Gasteiger partial charge in [0.1, 0.15) is 10.8 Å². The van der Waals surface area contributed by atoms with Crippen molar-refractivity contribution >= 4 is 28.9 Å². The third kappa shape index (κ3) is 1.46. The molecule has 0 aliphatic heterocycles. The van der Waals surface area contributed by atoms with Crippen LogP contribution in [0.3, 0.4) is 0 Å². The molecule has 3 atom stereocenters. The van der Waals surface area contributed by atoms with Gasteiger partial charge in [0.05, 0.1) is 5.25 Å². The third-order valence-electron chi connectivity index (χ3n) is 5.20. The molecule has 2 bridgehead atoms. The largest absolute Gasteiger partial charge is 0.298 e. The number of aromatic nitrogens is 2. The second-order valence-electron chi connectivity index (χ2n) is 6.22. The van der Waals surface area contributed by atoms with E-state index in [-0.39, 0.29) is 22.0 Å². The highest BCUT2D eigenvalue weighted by molar-refractivity contribution is 8.02. The summed E-state index contributed by atoms with van der Waals surface area (Å²) in [7, 11) is 0. The van der Waals surface area contributed by atoms with Crippen molar-refractivity contribution in [3.05, 3.63) is 5.01 Å². The van der Waals surface area contributed by atoms with E-state index in [9.17, 15) is 4.79 Å². The van der Waals surface area contributed by atoms with E-state index in [0.29, 0.717) is 5.78 Å². The van der Waals surface area contributed by atoms with Crippen molar-refractivity contribution in [1.82, 2.24) is 10.2 Å². The Bertz CT molecular complexity index is 511. The predicted octanol–water partition coefficient (Wildman–Crippen LogP) is 3.33. The highest BCUT2D eigenvalue weighted by Crippen LogP contribution is 2.67. The molecule has 18 heavy (non-hydrogen) atoms. The number of carbonyl (C=O) groups is 1. The normalized spacial score (nSPS) is 37.4. The lowest BCUT2D eigenvalue weighted by Crippen LogP contribution is -2.35. The van der Waals surface area contributed by atoms with Gasteiger partial charge in [-0.15, -0.1) is 10.2 Å². The van der Waals surface area contributed by atoms with E-state index in [1.54, 1.807) is 23.1 Å². The molecule has 0 amide bonds. The van der Waals surface area contributed by atoms with Gasteiger partial charge in [-0.2, -0.15) is 0 Å². The molecule has 2 fully saturated rings. The summed E-state index contributed by atoms with van der Waals surface area (Å²) in [4.78, 5) is 12.5. The SMILES string of the molecule is Cc1nnc(S[C@H]2C(=O)[C@H]3CC[C@]2(C)C3(C)C)s1. The number of rotatable bonds is 2. The lowest BCUT2D eigenvalue weighted by molar-refractivity contribution is -0.122. The number of ketones is 1. The van der Waals surface area contributed by atoms with Crippen LogP contribution in [-0.4, -0.2) is 21.2 Å². The molecule has 0 spiro atoms. The standard InChI is InChI=1S/C13H18N2OS2/c1-7-14-15-11(17-7)18-10-9(16)8-5-6-13(10,4)12(8,2)3/h8,10H,5-6H2,1-4H3/t8-,10+,13+/m1/s1. The van der Waals surface area contributed by atoms with Gasteiger partial charge in [-0.25, -0.2) is 0 Å². The number of thioether (sulfide) groups is 1. The molecule has 0 unspecified atom stereocenters. The number of hydrogen-bond donors (Lipinski definition) is 0. The highest BCUT2D eigenvalue weighted by atomic mass is 32.2. The van der Waals surface area contributed by atoms with Crippen LogP contribution in [0.5, 0.6) is 0 Å². The minimum atomic E-state index is 0.0681. The average Bonchev–Trinajstić information content (AvgIpc) is 2.82. The third-order valence-corrected chi connectivity index (χ3v) is 7.65. The van der Waals surface area contributed by atoms with Gasteiger partial charge in [0.25, 0.3) is 0 Å². The zero-order valence-electron chi connectivity index (χ0n) is 11.2. The van der Waals surface area contributed by atoms with Gasteiger partial charge in [0, 0.05) is 5.92 Å². The Morgan fingerprint density at radius 2 is 2.06 bits per heavy atom. The van der Waals surface area contributed by atoms with Gasteiger partial charge >= 0.3 is 0 Å². The minimum absolute atomic E-state index is 0.0681. The van der Waals surface area contributed by atoms with Crippen molar-refractivity contribution in [2.75, 3.05) is 0 Å². The van der Waals surface area contributed by atoms with Crippen LogP contribution < -0.4 is 0 Å². The van der Waals surface area contributed by atoms with Gasteiger partial charge in [-0.3, -0.25) is 4.79 Å². The first-order valence-electron chi connectivity index (χ1n) is 6.37. The first-order valence-corrected chi connectivity index (χ1v) is 8.06. The summed E-state index contributed by atoms with van der Waals surface area (Å²) < 4.78 is 0.940. The van der Waals surface area contributed by atoms with Gasteiger partial charge in [0.2, 0.25) is 0 Å². The van der Waals surface area contributed by atoms with Crippen LogP contribution >= 0.6 is 23.1 Å². The Morgan fingerprint density at radius 1 is 1.33 bits per heavy atom. The summed E-state index contributed by atoms with van der Waals surface area (Å²) in [5.74, 6) is 0.681. The molecule has 2 aliphatic rings. The topological polar surface area (TPSA) is 42.9 Å². The lowest BCUT2D eigenvalue weighted by atomic mass is 9.71. The van der Waals surface area contributed by atoms with Gasteiger partial charge in [-0.05, 0) is 30.6 Å². The predicted molar refractivity (Wildman–Crippen MR) is 73.9 cm³/mol. The molecule has 98 valence electrons. The quantitative estimate of drug-likeness (QED) is 0.834. The van der Waals surface area contributed by atoms with Crippen molar-refractivity contribution < 1.29 is 4.79 Å². The number of hydrogen-bond acceptors (Lipinski definition) is 5. The smallest absolute Gasteiger partial charge is 0.175 e. The molecule has 2 aliphatic carbocycles. The first-order chi connectivity index (χ1) is 8.36. The van der Waals surface area contributed by atoms with Crippen molar-refractivity contribution in [2.45, 2.75) is 50.1 Å². The molecule has 1 aromatic heterocycles. The Hall–Kier alpha value is -0.420. The molecule has 0 radical (unpaired) electrons. The lowest BCUT2D eigenvalue weighted by Gasteiger charge is -2.37. The fraction of sp³-hybridized carbons (Fsp3) is 0.769. The summed E-state index contributed by atoms with van der Waals surface area (Å²) in [5, 5.41) is 9.23. The molecule has 3 rings (SSSR count). The van der Waals surface area contributed by atoms with Crippen LogP contribution in [-0.2, 0) is 4.79 Å². The first kappa shape index (κ1) is 12.6. The molecular formula is C13H18N2OS2. The second kappa shape index (κ2) is 3.79.